The van der Waals surface area contributed by atoms with Gasteiger partial charge in [-0.3, -0.25) is 0 Å². The van der Waals surface area contributed by atoms with Crippen molar-refractivity contribution < 1.29 is 0 Å². The van der Waals surface area contributed by atoms with E-state index in [9.17, 15) is 0 Å². The van der Waals surface area contributed by atoms with E-state index in [2.05, 4.69) is 49.0 Å². The van der Waals surface area contributed by atoms with E-state index < -0.39 is 0 Å². The Morgan fingerprint density at radius 2 is 2.22 bits per heavy atom. The molecule has 0 aliphatic heterocycles. The van der Waals surface area contributed by atoms with Crippen LogP contribution in [0.15, 0.2) is 12.4 Å². The van der Waals surface area contributed by atoms with Crippen LogP contribution >= 0.6 is 0 Å². The van der Waals surface area contributed by atoms with Crippen LogP contribution in [0.2, 0.25) is 0 Å². The molecular formula is C15H27N3. The van der Waals surface area contributed by atoms with Crippen LogP contribution in [-0.2, 0) is 13.5 Å². The van der Waals surface area contributed by atoms with Crippen LogP contribution in [0.5, 0.6) is 0 Å². The molecule has 18 heavy (non-hydrogen) atoms. The number of hydrogen-bond donors (Lipinski definition) is 1. The van der Waals surface area contributed by atoms with Crippen molar-refractivity contribution in [3.8, 4) is 0 Å². The summed E-state index contributed by atoms with van der Waals surface area (Å²) in [4.78, 5) is 4.49. The highest BCUT2D eigenvalue weighted by molar-refractivity contribution is 4.97. The van der Waals surface area contributed by atoms with Gasteiger partial charge in [0.05, 0.1) is 0 Å². The van der Waals surface area contributed by atoms with Gasteiger partial charge < -0.3 is 9.88 Å². The fourth-order valence-electron chi connectivity index (χ4n) is 3.39. The molecule has 1 aromatic heterocycles. The molecule has 1 fully saturated rings. The average Bonchev–Trinajstić information content (AvgIpc) is 2.68. The van der Waals surface area contributed by atoms with Crippen LogP contribution in [-0.4, -0.2) is 23.1 Å². The molecule has 2 rings (SSSR count). The Kier molecular flexibility index (Phi) is 4.10. The first-order chi connectivity index (χ1) is 8.52. The summed E-state index contributed by atoms with van der Waals surface area (Å²) >= 11 is 0. The molecule has 1 aromatic rings. The van der Waals surface area contributed by atoms with E-state index >= 15 is 0 Å². The van der Waals surface area contributed by atoms with E-state index in [4.69, 9.17) is 0 Å². The molecule has 0 bridgehead atoms. The van der Waals surface area contributed by atoms with Gasteiger partial charge in [0.25, 0.3) is 0 Å². The van der Waals surface area contributed by atoms with Gasteiger partial charge >= 0.3 is 0 Å². The molecule has 3 nitrogen and oxygen atoms in total. The van der Waals surface area contributed by atoms with E-state index in [1.807, 2.05) is 6.20 Å². The Bertz CT molecular complexity index is 381. The zero-order chi connectivity index (χ0) is 13.2. The first kappa shape index (κ1) is 13.6. The van der Waals surface area contributed by atoms with Gasteiger partial charge in [-0.1, -0.05) is 13.8 Å². The molecule has 0 amide bonds. The minimum absolute atomic E-state index is 0.500. The topological polar surface area (TPSA) is 29.9 Å². The lowest BCUT2D eigenvalue weighted by Crippen LogP contribution is -2.36. The van der Waals surface area contributed by atoms with Crippen LogP contribution in [0.3, 0.4) is 0 Å². The molecule has 0 radical (unpaired) electrons. The summed E-state index contributed by atoms with van der Waals surface area (Å²) in [5.74, 6) is 2.81. The van der Waals surface area contributed by atoms with Crippen molar-refractivity contribution in [2.45, 2.75) is 39.5 Å². The Morgan fingerprint density at radius 3 is 2.83 bits per heavy atom. The fraction of sp³-hybridized carbons (Fsp3) is 0.800. The molecule has 102 valence electrons. The monoisotopic (exact) mass is 249 g/mol. The van der Waals surface area contributed by atoms with Crippen molar-refractivity contribution in [2.75, 3.05) is 13.6 Å². The van der Waals surface area contributed by atoms with Gasteiger partial charge in [-0.15, -0.1) is 0 Å². The van der Waals surface area contributed by atoms with E-state index in [0.717, 1.165) is 24.8 Å². The predicted molar refractivity (Wildman–Crippen MR) is 75.5 cm³/mol. The van der Waals surface area contributed by atoms with Crippen LogP contribution in [0, 0.1) is 17.3 Å². The lowest BCUT2D eigenvalue weighted by molar-refractivity contribution is 0.115. The molecule has 1 saturated carbocycles. The van der Waals surface area contributed by atoms with Crippen molar-refractivity contribution in [1.29, 1.82) is 0 Å². The van der Waals surface area contributed by atoms with Gasteiger partial charge in [-0.05, 0) is 50.1 Å². The lowest BCUT2D eigenvalue weighted by Gasteiger charge is -2.41. The lowest BCUT2D eigenvalue weighted by atomic mass is 9.66. The van der Waals surface area contributed by atoms with Crippen LogP contribution in [0.4, 0.5) is 0 Å². The van der Waals surface area contributed by atoms with Gasteiger partial charge in [-0.25, -0.2) is 4.98 Å². The minimum atomic E-state index is 0.500. The average molecular weight is 249 g/mol. The highest BCUT2D eigenvalue weighted by Gasteiger charge is 2.34. The molecule has 0 aromatic carbocycles. The predicted octanol–water partition coefficient (Wildman–Crippen LogP) is 2.62. The third-order valence-corrected chi connectivity index (χ3v) is 4.51. The maximum absolute atomic E-state index is 4.49. The van der Waals surface area contributed by atoms with E-state index in [-0.39, 0.29) is 0 Å². The van der Waals surface area contributed by atoms with Gasteiger partial charge in [0.15, 0.2) is 0 Å². The molecule has 1 aliphatic rings. The second-order valence-electron chi connectivity index (χ2n) is 6.64. The molecule has 2 unspecified atom stereocenters. The second kappa shape index (κ2) is 5.43. The first-order valence-electron chi connectivity index (χ1n) is 7.12. The molecule has 1 heterocycles. The summed E-state index contributed by atoms with van der Waals surface area (Å²) in [5.41, 5.74) is 0.500. The quantitative estimate of drug-likeness (QED) is 0.889. The molecule has 0 spiro atoms. The maximum Gasteiger partial charge on any atom is 0.108 e. The van der Waals surface area contributed by atoms with Crippen LogP contribution in [0.25, 0.3) is 0 Å². The third-order valence-electron chi connectivity index (χ3n) is 4.51. The summed E-state index contributed by atoms with van der Waals surface area (Å²) in [5, 5.41) is 3.36. The fourth-order valence-corrected chi connectivity index (χ4v) is 3.39. The Morgan fingerprint density at radius 1 is 1.44 bits per heavy atom. The molecule has 1 N–H and O–H groups in total. The van der Waals surface area contributed by atoms with Crippen molar-refractivity contribution >= 4 is 0 Å². The van der Waals surface area contributed by atoms with E-state index in [1.54, 1.807) is 0 Å². The highest BCUT2D eigenvalue weighted by Crippen LogP contribution is 2.42. The van der Waals surface area contributed by atoms with Crippen LogP contribution in [0.1, 0.15) is 38.9 Å². The normalized spacial score (nSPS) is 27.3. The zero-order valence-corrected chi connectivity index (χ0v) is 12.2. The summed E-state index contributed by atoms with van der Waals surface area (Å²) in [7, 11) is 4.17. The van der Waals surface area contributed by atoms with Crippen LogP contribution < -0.4 is 5.32 Å². The molecular weight excluding hydrogens is 222 g/mol. The number of nitrogens with one attached hydrogen (secondary N) is 1. The summed E-state index contributed by atoms with van der Waals surface area (Å²) in [6, 6.07) is 0. The zero-order valence-electron chi connectivity index (χ0n) is 12.2. The van der Waals surface area contributed by atoms with Crippen molar-refractivity contribution in [3.63, 3.8) is 0 Å². The molecule has 0 saturated heterocycles. The Labute approximate surface area is 111 Å². The number of rotatable bonds is 4. The van der Waals surface area contributed by atoms with E-state index in [0.29, 0.717) is 5.41 Å². The van der Waals surface area contributed by atoms with Crippen molar-refractivity contribution in [1.82, 2.24) is 14.9 Å². The summed E-state index contributed by atoms with van der Waals surface area (Å²) in [6.45, 7) is 5.97. The van der Waals surface area contributed by atoms with Crippen molar-refractivity contribution in [3.05, 3.63) is 18.2 Å². The highest BCUT2D eigenvalue weighted by atomic mass is 15.0. The van der Waals surface area contributed by atoms with Gasteiger partial charge in [0.2, 0.25) is 0 Å². The summed E-state index contributed by atoms with van der Waals surface area (Å²) < 4.78 is 2.16. The number of imidazole rings is 1. The second-order valence-corrected chi connectivity index (χ2v) is 6.64. The minimum Gasteiger partial charge on any atom is -0.338 e. The van der Waals surface area contributed by atoms with Crippen molar-refractivity contribution in [2.24, 2.45) is 24.3 Å². The molecule has 2 atom stereocenters. The number of aryl methyl sites for hydroxylation is 1. The molecule has 3 heteroatoms. The Balaban J connectivity index is 2.07. The molecule has 1 aliphatic carbocycles. The van der Waals surface area contributed by atoms with Gasteiger partial charge in [0, 0.05) is 25.9 Å². The Hall–Kier alpha value is -0.830. The number of aromatic nitrogens is 2. The smallest absolute Gasteiger partial charge is 0.108 e. The van der Waals surface area contributed by atoms with Gasteiger partial charge in [0.1, 0.15) is 5.82 Å². The van der Waals surface area contributed by atoms with E-state index in [1.165, 1.54) is 25.1 Å². The SMILES string of the molecule is CNCC1CCC(C)(C)CC1Cc1nccn1C. The number of hydrogen-bond acceptors (Lipinski definition) is 2. The maximum atomic E-state index is 4.49. The largest absolute Gasteiger partial charge is 0.338 e. The first-order valence-corrected chi connectivity index (χ1v) is 7.12. The summed E-state index contributed by atoms with van der Waals surface area (Å²) in [6.07, 6.45) is 9.12. The third kappa shape index (κ3) is 3.14. The van der Waals surface area contributed by atoms with Gasteiger partial charge in [-0.2, -0.15) is 0 Å². The number of nitrogens with zero attached hydrogens (tertiary/aromatic N) is 2. The standard InChI is InChI=1S/C15H27N3/c1-15(2)6-5-12(11-16-3)13(10-15)9-14-17-7-8-18(14)4/h7-8,12-13,16H,5-6,9-11H2,1-4H3.